The maximum absolute atomic E-state index is 7.38. The summed E-state index contributed by atoms with van der Waals surface area (Å²) in [7, 11) is 0. The second kappa shape index (κ2) is 7.29. The summed E-state index contributed by atoms with van der Waals surface area (Å²) in [5, 5.41) is 4.59. The summed E-state index contributed by atoms with van der Waals surface area (Å²) in [5.41, 5.74) is 2.52. The van der Waals surface area contributed by atoms with Crippen LogP contribution in [0.15, 0.2) is 36.7 Å². The molecule has 1 aromatic carbocycles. The predicted molar refractivity (Wildman–Crippen MR) is 115 cm³/mol. The van der Waals surface area contributed by atoms with E-state index in [1.54, 1.807) is 6.33 Å². The Bertz CT molecular complexity index is 1110. The summed E-state index contributed by atoms with van der Waals surface area (Å²) < 4.78 is 12.1. The van der Waals surface area contributed by atoms with E-state index in [1.165, 1.54) is 18.5 Å². The van der Waals surface area contributed by atoms with Crippen LogP contribution in [0.4, 0.5) is 5.82 Å². The minimum Gasteiger partial charge on any atom is -0.490 e. The molecule has 5 rings (SSSR count). The zero-order valence-corrected chi connectivity index (χ0v) is 17.2. The molecule has 1 fully saturated rings. The first-order valence-corrected chi connectivity index (χ1v) is 10.4. The third-order valence-corrected chi connectivity index (χ3v) is 5.74. The molecular formula is C23H25N5O2. The fourth-order valence-corrected chi connectivity index (χ4v) is 3.83. The Hall–Kier alpha value is -3.11. The Balaban J connectivity index is 1.48. The highest BCUT2D eigenvalue weighted by atomic mass is 16.5. The minimum absolute atomic E-state index is 0.145. The van der Waals surface area contributed by atoms with Gasteiger partial charge in [-0.05, 0) is 30.9 Å². The van der Waals surface area contributed by atoms with Crippen LogP contribution in [0.3, 0.4) is 0 Å². The first-order chi connectivity index (χ1) is 14.5. The van der Waals surface area contributed by atoms with E-state index in [4.69, 9.17) is 16.0 Å². The molecule has 0 radical (unpaired) electrons. The van der Waals surface area contributed by atoms with Gasteiger partial charge in [-0.1, -0.05) is 18.2 Å². The van der Waals surface area contributed by atoms with Crippen LogP contribution in [0.1, 0.15) is 49.9 Å². The van der Waals surface area contributed by atoms with E-state index in [-0.39, 0.29) is 12.1 Å². The molecule has 3 aromatic rings. The van der Waals surface area contributed by atoms with Crippen molar-refractivity contribution in [3.8, 4) is 5.75 Å². The topological polar surface area (TPSA) is 76.4 Å². The van der Waals surface area contributed by atoms with Gasteiger partial charge in [0, 0.05) is 25.1 Å². The van der Waals surface area contributed by atoms with Crippen LogP contribution in [0.25, 0.3) is 15.9 Å². The summed E-state index contributed by atoms with van der Waals surface area (Å²) in [6, 6.07) is 10.0. The number of nitrogens with one attached hydrogen (secondary N) is 2. The highest BCUT2D eigenvalue weighted by molar-refractivity contribution is 5.88. The average Bonchev–Trinajstić information content (AvgIpc) is 3.52. The maximum atomic E-state index is 7.38. The van der Waals surface area contributed by atoms with Crippen LogP contribution >= 0.6 is 0 Å². The Morgan fingerprint density at radius 1 is 1.30 bits per heavy atom. The Morgan fingerprint density at radius 2 is 2.13 bits per heavy atom. The summed E-state index contributed by atoms with van der Waals surface area (Å²) in [5.74, 6) is 2.24. The van der Waals surface area contributed by atoms with Gasteiger partial charge in [0.05, 0.1) is 11.4 Å². The molecule has 2 aliphatic rings. The van der Waals surface area contributed by atoms with E-state index in [9.17, 15) is 0 Å². The summed E-state index contributed by atoms with van der Waals surface area (Å²) >= 11 is 0. The Kier molecular flexibility index (Phi) is 4.59. The lowest BCUT2D eigenvalue weighted by Gasteiger charge is -2.34. The van der Waals surface area contributed by atoms with Gasteiger partial charge < -0.3 is 24.6 Å². The number of hydrogen-bond donors (Lipinski definition) is 2. The van der Waals surface area contributed by atoms with E-state index < -0.39 is 5.54 Å². The SMILES string of the molecule is [C-]#[N+]C(C)(C)CO[C@H]1COc2ccccc2[C@@H]1Nc1ncnc2[nH]c(C3CC3)cc12. The van der Waals surface area contributed by atoms with Crippen molar-refractivity contribution in [3.63, 3.8) is 0 Å². The number of aromatic amines is 1. The van der Waals surface area contributed by atoms with Gasteiger partial charge in [-0.15, -0.1) is 0 Å². The second-order valence-electron chi connectivity index (χ2n) is 8.73. The molecule has 0 amide bonds. The summed E-state index contributed by atoms with van der Waals surface area (Å²) in [6.45, 7) is 11.9. The zero-order chi connectivity index (χ0) is 20.7. The third kappa shape index (κ3) is 3.59. The Labute approximate surface area is 175 Å². The number of ether oxygens (including phenoxy) is 2. The molecule has 0 bridgehead atoms. The summed E-state index contributed by atoms with van der Waals surface area (Å²) in [6.07, 6.45) is 3.79. The molecule has 2 atom stereocenters. The van der Waals surface area contributed by atoms with Crippen molar-refractivity contribution in [1.29, 1.82) is 0 Å². The van der Waals surface area contributed by atoms with Gasteiger partial charge in [0.1, 0.15) is 42.9 Å². The first kappa shape index (κ1) is 18.9. The minimum atomic E-state index is -0.580. The van der Waals surface area contributed by atoms with Gasteiger partial charge in [-0.3, -0.25) is 0 Å². The van der Waals surface area contributed by atoms with E-state index in [0.29, 0.717) is 19.1 Å². The first-order valence-electron chi connectivity index (χ1n) is 10.4. The largest absolute Gasteiger partial charge is 0.490 e. The number of anilines is 1. The molecular weight excluding hydrogens is 378 g/mol. The Morgan fingerprint density at radius 3 is 2.93 bits per heavy atom. The monoisotopic (exact) mass is 403 g/mol. The van der Waals surface area contributed by atoms with Crippen molar-refractivity contribution in [2.75, 3.05) is 18.5 Å². The van der Waals surface area contributed by atoms with Gasteiger partial charge in [-0.2, -0.15) is 0 Å². The lowest BCUT2D eigenvalue weighted by Crippen LogP contribution is -2.40. The molecule has 0 saturated heterocycles. The standard InChI is InChI=1S/C23H25N5O2/c1-23(2,24-3)12-30-19-11-29-18-7-5-4-6-15(18)20(19)28-22-16-10-17(14-8-9-14)27-21(16)25-13-26-22/h4-7,10,13-14,19-20H,8-9,11-12H2,1-2H3,(H2,25,26,27,28)/t19-,20-/m0/s1. The molecule has 1 aliphatic heterocycles. The highest BCUT2D eigenvalue weighted by Gasteiger charge is 2.35. The van der Waals surface area contributed by atoms with Gasteiger partial charge in [0.15, 0.2) is 0 Å². The predicted octanol–water partition coefficient (Wildman–Crippen LogP) is 4.46. The number of hydrogen-bond acceptors (Lipinski definition) is 5. The van der Waals surface area contributed by atoms with Gasteiger partial charge in [0.2, 0.25) is 5.54 Å². The average molecular weight is 403 g/mol. The molecule has 0 spiro atoms. The van der Waals surface area contributed by atoms with Crippen LogP contribution in [0.5, 0.6) is 5.75 Å². The molecule has 30 heavy (non-hydrogen) atoms. The van der Waals surface area contributed by atoms with Gasteiger partial charge >= 0.3 is 0 Å². The fraction of sp³-hybridized carbons (Fsp3) is 0.435. The van der Waals surface area contributed by atoms with Crippen LogP contribution in [0.2, 0.25) is 0 Å². The molecule has 1 saturated carbocycles. The molecule has 1 aliphatic carbocycles. The zero-order valence-electron chi connectivity index (χ0n) is 17.2. The van der Waals surface area contributed by atoms with Crippen molar-refractivity contribution in [2.24, 2.45) is 0 Å². The van der Waals surface area contributed by atoms with Crippen LogP contribution < -0.4 is 10.1 Å². The molecule has 3 heterocycles. The van der Waals surface area contributed by atoms with Crippen LogP contribution in [-0.4, -0.2) is 39.8 Å². The van der Waals surface area contributed by atoms with Crippen molar-refractivity contribution >= 4 is 16.9 Å². The smallest absolute Gasteiger partial charge is 0.250 e. The van der Waals surface area contributed by atoms with Crippen LogP contribution in [-0.2, 0) is 4.74 Å². The molecule has 7 heteroatoms. The van der Waals surface area contributed by atoms with Crippen molar-refractivity contribution in [2.45, 2.75) is 50.3 Å². The van der Waals surface area contributed by atoms with Crippen molar-refractivity contribution in [1.82, 2.24) is 15.0 Å². The normalized spacial score (nSPS) is 21.0. The quantitative estimate of drug-likeness (QED) is 0.594. The number of nitrogens with zero attached hydrogens (tertiary/aromatic N) is 3. The second-order valence-corrected chi connectivity index (χ2v) is 8.73. The lowest BCUT2D eigenvalue weighted by atomic mass is 9.97. The van der Waals surface area contributed by atoms with Crippen molar-refractivity contribution in [3.05, 3.63) is 59.3 Å². The van der Waals surface area contributed by atoms with E-state index >= 15 is 0 Å². The number of rotatable bonds is 6. The van der Waals surface area contributed by atoms with E-state index in [0.717, 1.165) is 28.2 Å². The maximum Gasteiger partial charge on any atom is 0.250 e. The number of H-pyrrole nitrogens is 1. The number of benzene rings is 1. The van der Waals surface area contributed by atoms with Crippen molar-refractivity contribution < 1.29 is 9.47 Å². The molecule has 2 N–H and O–H groups in total. The highest BCUT2D eigenvalue weighted by Crippen LogP contribution is 2.42. The van der Waals surface area contributed by atoms with Gasteiger partial charge in [-0.25, -0.2) is 16.5 Å². The molecule has 7 nitrogen and oxygen atoms in total. The third-order valence-electron chi connectivity index (χ3n) is 5.74. The molecule has 0 unspecified atom stereocenters. The lowest BCUT2D eigenvalue weighted by molar-refractivity contribution is -0.0142. The van der Waals surface area contributed by atoms with E-state index in [1.807, 2.05) is 38.1 Å². The summed E-state index contributed by atoms with van der Waals surface area (Å²) in [4.78, 5) is 16.1. The van der Waals surface area contributed by atoms with E-state index in [2.05, 4.69) is 31.2 Å². The van der Waals surface area contributed by atoms with Crippen LogP contribution in [0, 0.1) is 6.57 Å². The number of para-hydroxylation sites is 1. The number of fused-ring (bicyclic) bond motifs is 2. The van der Waals surface area contributed by atoms with Gasteiger partial charge in [0.25, 0.3) is 0 Å². The molecule has 2 aromatic heterocycles. The fourth-order valence-electron chi connectivity index (χ4n) is 3.83. The molecule has 154 valence electrons. The number of aromatic nitrogens is 3.